The summed E-state index contributed by atoms with van der Waals surface area (Å²) in [5, 5.41) is 5.48. The Morgan fingerprint density at radius 1 is 0.903 bits per heavy atom. The van der Waals surface area contributed by atoms with Gasteiger partial charge in [0.25, 0.3) is 0 Å². The van der Waals surface area contributed by atoms with Crippen LogP contribution in [0.3, 0.4) is 0 Å². The van der Waals surface area contributed by atoms with Crippen LogP contribution in [0, 0.1) is 0 Å². The third kappa shape index (κ3) is 4.89. The summed E-state index contributed by atoms with van der Waals surface area (Å²) < 4.78 is 5.78. The van der Waals surface area contributed by atoms with Crippen LogP contribution in [0.2, 0.25) is 20.1 Å². The van der Waals surface area contributed by atoms with Gasteiger partial charge in [0.2, 0.25) is 0 Å². The molecule has 1 aliphatic heterocycles. The molecule has 0 unspecified atom stereocenters. The molecule has 0 bridgehead atoms. The topological polar surface area (TPSA) is 47.9 Å². The van der Waals surface area contributed by atoms with E-state index < -0.39 is 5.97 Å². The minimum atomic E-state index is -0.552. The van der Waals surface area contributed by atoms with Crippen molar-refractivity contribution in [2.45, 2.75) is 6.61 Å². The van der Waals surface area contributed by atoms with E-state index in [2.05, 4.69) is 5.16 Å². The van der Waals surface area contributed by atoms with Gasteiger partial charge in [-0.05, 0) is 35.9 Å². The molecule has 0 saturated heterocycles. The van der Waals surface area contributed by atoms with Crippen molar-refractivity contribution in [1.29, 1.82) is 0 Å². The van der Waals surface area contributed by atoms with Gasteiger partial charge in [0.05, 0.1) is 15.6 Å². The molecule has 0 N–H and O–H groups in total. The van der Waals surface area contributed by atoms with Crippen LogP contribution in [-0.2, 0) is 16.2 Å². The lowest BCUT2D eigenvalue weighted by Gasteiger charge is -2.12. The van der Waals surface area contributed by atoms with E-state index in [1.165, 1.54) is 0 Å². The normalized spacial score (nSPS) is 14.5. The smallest absolute Gasteiger partial charge is 0.368 e. The fraction of sp³-hybridized carbons (Fsp3) is 0.0435. The third-order valence-electron chi connectivity index (χ3n) is 4.46. The molecule has 3 aromatic carbocycles. The highest BCUT2D eigenvalue weighted by atomic mass is 35.5. The van der Waals surface area contributed by atoms with Gasteiger partial charge in [-0.25, -0.2) is 4.79 Å². The molecule has 0 saturated carbocycles. The molecule has 0 aromatic heterocycles. The molecule has 31 heavy (non-hydrogen) atoms. The molecule has 0 amide bonds. The number of hydrogen-bond donors (Lipinski definition) is 0. The number of rotatable bonds is 5. The second kappa shape index (κ2) is 9.33. The maximum Gasteiger partial charge on any atom is 0.368 e. The number of halogens is 4. The zero-order valence-electron chi connectivity index (χ0n) is 15.7. The van der Waals surface area contributed by atoms with Gasteiger partial charge in [0.15, 0.2) is 5.75 Å². The molecular formula is C23H13Cl4NO3. The Balaban J connectivity index is 1.59. The molecule has 4 rings (SSSR count). The predicted octanol–water partition coefficient (Wildman–Crippen LogP) is 7.22. The van der Waals surface area contributed by atoms with Crippen molar-refractivity contribution in [3.63, 3.8) is 0 Å². The average Bonchev–Trinajstić information content (AvgIpc) is 3.09. The Morgan fingerprint density at radius 2 is 1.61 bits per heavy atom. The number of hydrogen-bond acceptors (Lipinski definition) is 4. The van der Waals surface area contributed by atoms with Crippen LogP contribution in [0.1, 0.15) is 16.7 Å². The van der Waals surface area contributed by atoms with Gasteiger partial charge >= 0.3 is 5.97 Å². The van der Waals surface area contributed by atoms with Crippen molar-refractivity contribution in [3.05, 3.63) is 103 Å². The predicted molar refractivity (Wildman–Crippen MR) is 124 cm³/mol. The maximum absolute atomic E-state index is 12.2. The first-order chi connectivity index (χ1) is 14.9. The van der Waals surface area contributed by atoms with E-state index in [9.17, 15) is 4.79 Å². The molecule has 0 spiro atoms. The van der Waals surface area contributed by atoms with Crippen LogP contribution >= 0.6 is 46.4 Å². The SMILES string of the molecule is O=C1ON=C(c2ccccc2)/C1=C/c1cc(Cl)c(OCc2ccc(Cl)cc2Cl)c(Cl)c1. The highest BCUT2D eigenvalue weighted by Gasteiger charge is 2.27. The zero-order chi connectivity index (χ0) is 22.0. The fourth-order valence-corrected chi connectivity index (χ4v) is 4.05. The van der Waals surface area contributed by atoms with E-state index in [1.807, 2.05) is 30.3 Å². The molecule has 4 nitrogen and oxygen atoms in total. The molecular weight excluding hydrogens is 480 g/mol. The van der Waals surface area contributed by atoms with Gasteiger partial charge in [-0.2, -0.15) is 0 Å². The molecule has 0 fully saturated rings. The summed E-state index contributed by atoms with van der Waals surface area (Å²) >= 11 is 24.9. The van der Waals surface area contributed by atoms with Crippen molar-refractivity contribution in [1.82, 2.24) is 0 Å². The summed E-state index contributed by atoms with van der Waals surface area (Å²) in [7, 11) is 0. The summed E-state index contributed by atoms with van der Waals surface area (Å²) in [5.41, 5.74) is 2.85. The first kappa shape index (κ1) is 21.7. The molecule has 1 aliphatic rings. The van der Waals surface area contributed by atoms with Gasteiger partial charge in [-0.1, -0.05) is 88.0 Å². The number of carbonyl (C=O) groups is 1. The lowest BCUT2D eigenvalue weighted by atomic mass is 10.0. The number of carbonyl (C=O) groups excluding carboxylic acids is 1. The molecule has 0 radical (unpaired) electrons. The van der Waals surface area contributed by atoms with Gasteiger partial charge in [0.1, 0.15) is 12.3 Å². The molecule has 3 aromatic rings. The summed E-state index contributed by atoms with van der Waals surface area (Å²) in [6.45, 7) is 0.160. The minimum Gasteiger partial charge on any atom is -0.486 e. The number of oxime groups is 1. The van der Waals surface area contributed by atoms with Crippen LogP contribution in [-0.4, -0.2) is 11.7 Å². The van der Waals surface area contributed by atoms with Crippen LogP contribution < -0.4 is 4.74 Å². The standard InChI is InChI=1S/C23H13Cl4NO3/c24-16-7-6-15(18(25)11-16)12-30-22-19(26)9-13(10-20(22)27)8-17-21(28-31-23(17)29)14-4-2-1-3-5-14/h1-11H,12H2/b17-8-. The largest absolute Gasteiger partial charge is 0.486 e. The van der Waals surface area contributed by atoms with Crippen molar-refractivity contribution >= 4 is 64.2 Å². The third-order valence-corrected chi connectivity index (χ3v) is 5.61. The molecule has 156 valence electrons. The first-order valence-electron chi connectivity index (χ1n) is 9.05. The van der Waals surface area contributed by atoms with E-state index in [4.69, 9.17) is 56.0 Å². The van der Waals surface area contributed by atoms with Crippen LogP contribution in [0.4, 0.5) is 0 Å². The van der Waals surface area contributed by atoms with Gasteiger partial charge in [-0.15, -0.1) is 0 Å². The fourth-order valence-electron chi connectivity index (χ4n) is 2.97. The Hall–Kier alpha value is -2.50. The van der Waals surface area contributed by atoms with Crippen molar-refractivity contribution in [2.24, 2.45) is 5.16 Å². The van der Waals surface area contributed by atoms with Gasteiger partial charge in [0, 0.05) is 21.2 Å². The van der Waals surface area contributed by atoms with Crippen LogP contribution in [0.5, 0.6) is 5.75 Å². The van der Waals surface area contributed by atoms with E-state index in [1.54, 1.807) is 36.4 Å². The van der Waals surface area contributed by atoms with Crippen LogP contribution in [0.15, 0.2) is 71.4 Å². The highest BCUT2D eigenvalue weighted by Crippen LogP contribution is 2.36. The van der Waals surface area contributed by atoms with E-state index in [0.29, 0.717) is 32.6 Å². The lowest BCUT2D eigenvalue weighted by Crippen LogP contribution is -2.06. The number of benzene rings is 3. The van der Waals surface area contributed by atoms with E-state index >= 15 is 0 Å². The Labute approximate surface area is 198 Å². The summed E-state index contributed by atoms with van der Waals surface area (Å²) in [4.78, 5) is 17.1. The number of ether oxygens (including phenoxy) is 1. The minimum absolute atomic E-state index is 0.160. The monoisotopic (exact) mass is 491 g/mol. The van der Waals surface area contributed by atoms with Crippen LogP contribution in [0.25, 0.3) is 6.08 Å². The summed E-state index contributed by atoms with van der Waals surface area (Å²) in [5.74, 6) is -0.244. The average molecular weight is 493 g/mol. The van der Waals surface area contributed by atoms with E-state index in [-0.39, 0.29) is 16.7 Å². The second-order valence-corrected chi connectivity index (χ2v) is 8.24. The summed E-state index contributed by atoms with van der Waals surface area (Å²) in [6, 6.07) is 17.7. The van der Waals surface area contributed by atoms with Crippen molar-refractivity contribution in [2.75, 3.05) is 0 Å². The quantitative estimate of drug-likeness (QED) is 0.279. The van der Waals surface area contributed by atoms with Gasteiger partial charge < -0.3 is 9.57 Å². The van der Waals surface area contributed by atoms with Crippen molar-refractivity contribution in [3.8, 4) is 5.75 Å². The van der Waals surface area contributed by atoms with Gasteiger partial charge in [-0.3, -0.25) is 0 Å². The molecule has 8 heteroatoms. The highest BCUT2D eigenvalue weighted by molar-refractivity contribution is 6.38. The summed E-state index contributed by atoms with van der Waals surface area (Å²) in [6.07, 6.45) is 1.62. The first-order valence-corrected chi connectivity index (χ1v) is 10.6. The Morgan fingerprint density at radius 3 is 2.29 bits per heavy atom. The Bertz CT molecular complexity index is 1200. The lowest BCUT2D eigenvalue weighted by molar-refractivity contribution is -0.136. The van der Waals surface area contributed by atoms with E-state index in [0.717, 1.165) is 11.1 Å². The Kier molecular flexibility index (Phi) is 6.54. The second-order valence-electron chi connectivity index (χ2n) is 6.58. The molecule has 0 aliphatic carbocycles. The molecule has 0 atom stereocenters. The van der Waals surface area contributed by atoms with Crippen molar-refractivity contribution < 1.29 is 14.4 Å². The maximum atomic E-state index is 12.2. The molecule has 1 heterocycles. The zero-order valence-corrected chi connectivity index (χ0v) is 18.8. The number of nitrogens with zero attached hydrogens (tertiary/aromatic N) is 1.